The third kappa shape index (κ3) is 3.70. The lowest BCUT2D eigenvalue weighted by atomic mass is 9.81. The number of nitrogens with zero attached hydrogens (tertiary/aromatic N) is 3. The molecule has 0 radical (unpaired) electrons. The van der Waals surface area contributed by atoms with Gasteiger partial charge in [0.1, 0.15) is 5.82 Å². The minimum Gasteiger partial charge on any atom is -0.382 e. The summed E-state index contributed by atoms with van der Waals surface area (Å²) in [7, 11) is 1.73. The van der Waals surface area contributed by atoms with Crippen molar-refractivity contribution in [2.45, 2.75) is 45.6 Å². The molecule has 0 spiro atoms. The van der Waals surface area contributed by atoms with E-state index in [1.165, 1.54) is 0 Å². The fourth-order valence-electron chi connectivity index (χ4n) is 2.45. The number of aryl methyl sites for hydroxylation is 1. The normalized spacial score (nSPS) is 20.1. The van der Waals surface area contributed by atoms with E-state index in [1.54, 1.807) is 7.11 Å². The second-order valence-corrected chi connectivity index (χ2v) is 6.17. The van der Waals surface area contributed by atoms with Gasteiger partial charge in [0.25, 0.3) is 0 Å². The highest BCUT2D eigenvalue weighted by Gasteiger charge is 2.29. The first-order chi connectivity index (χ1) is 9.56. The molecule has 3 N–H and O–H groups in total. The summed E-state index contributed by atoms with van der Waals surface area (Å²) in [6.07, 6.45) is 4.29. The molecule has 1 fully saturated rings. The molecule has 1 aromatic heterocycles. The topological polar surface area (TPSA) is 80.1 Å². The molecule has 6 nitrogen and oxygen atoms in total. The molecule has 0 saturated carbocycles. The maximum atomic E-state index is 5.84. The Bertz CT molecular complexity index is 411. The molecular weight excluding hydrogens is 254 g/mol. The number of H-pyrrole nitrogens is 1. The fourth-order valence-corrected chi connectivity index (χ4v) is 2.45. The molecule has 0 amide bonds. The summed E-state index contributed by atoms with van der Waals surface area (Å²) < 4.78 is 5.25. The Morgan fingerprint density at radius 1 is 1.45 bits per heavy atom. The van der Waals surface area contributed by atoms with E-state index < -0.39 is 0 Å². The van der Waals surface area contributed by atoms with Crippen LogP contribution in [0.3, 0.4) is 0 Å². The number of hydrogen-bond acceptors (Lipinski definition) is 5. The smallest absolute Gasteiger partial charge is 0.244 e. The second kappa shape index (κ2) is 6.54. The molecule has 1 aliphatic rings. The number of anilines is 1. The van der Waals surface area contributed by atoms with Crippen LogP contribution in [0.1, 0.15) is 38.9 Å². The van der Waals surface area contributed by atoms with Crippen molar-refractivity contribution >= 4 is 5.95 Å². The molecule has 0 bridgehead atoms. The molecule has 1 saturated heterocycles. The Morgan fingerprint density at radius 2 is 2.15 bits per heavy atom. The van der Waals surface area contributed by atoms with Gasteiger partial charge in [0, 0.05) is 26.6 Å². The van der Waals surface area contributed by atoms with E-state index in [1.807, 2.05) is 0 Å². The van der Waals surface area contributed by atoms with Crippen molar-refractivity contribution in [1.29, 1.82) is 0 Å². The van der Waals surface area contributed by atoms with Crippen molar-refractivity contribution in [3.8, 4) is 0 Å². The largest absolute Gasteiger partial charge is 0.382 e. The van der Waals surface area contributed by atoms with Crippen LogP contribution in [0.15, 0.2) is 0 Å². The number of nitrogens with one attached hydrogen (secondary N) is 1. The third-order valence-electron chi connectivity index (χ3n) is 4.46. The van der Waals surface area contributed by atoms with E-state index in [-0.39, 0.29) is 11.5 Å². The van der Waals surface area contributed by atoms with Crippen molar-refractivity contribution in [2.75, 3.05) is 31.6 Å². The van der Waals surface area contributed by atoms with E-state index in [2.05, 4.69) is 33.9 Å². The first kappa shape index (κ1) is 15.3. The zero-order valence-corrected chi connectivity index (χ0v) is 12.9. The zero-order valence-electron chi connectivity index (χ0n) is 12.9. The minimum absolute atomic E-state index is 0.254. The van der Waals surface area contributed by atoms with Gasteiger partial charge in [-0.3, -0.25) is 5.10 Å². The van der Waals surface area contributed by atoms with E-state index in [0.29, 0.717) is 0 Å². The first-order valence-corrected chi connectivity index (χ1v) is 7.45. The number of hydrogen-bond donors (Lipinski definition) is 2. The van der Waals surface area contributed by atoms with Crippen molar-refractivity contribution in [1.82, 2.24) is 15.2 Å². The Hall–Kier alpha value is -1.14. The quantitative estimate of drug-likeness (QED) is 0.822. The van der Waals surface area contributed by atoms with Gasteiger partial charge in [0.2, 0.25) is 5.95 Å². The summed E-state index contributed by atoms with van der Waals surface area (Å²) in [5.41, 5.74) is 6.12. The van der Waals surface area contributed by atoms with Gasteiger partial charge in [-0.1, -0.05) is 6.92 Å². The number of aromatic amines is 1. The second-order valence-electron chi connectivity index (χ2n) is 6.17. The predicted molar refractivity (Wildman–Crippen MR) is 79.8 cm³/mol. The number of nitrogens with two attached hydrogens (primary N) is 1. The van der Waals surface area contributed by atoms with Crippen LogP contribution in [0.2, 0.25) is 0 Å². The van der Waals surface area contributed by atoms with Crippen molar-refractivity contribution in [2.24, 2.45) is 11.1 Å². The van der Waals surface area contributed by atoms with Gasteiger partial charge in [-0.2, -0.15) is 4.98 Å². The zero-order chi connectivity index (χ0) is 14.6. The molecule has 2 heterocycles. The lowest BCUT2D eigenvalue weighted by Gasteiger charge is -2.38. The molecule has 1 aromatic rings. The fraction of sp³-hybridized carbons (Fsp3) is 0.857. The van der Waals surface area contributed by atoms with Gasteiger partial charge in [0.15, 0.2) is 0 Å². The summed E-state index contributed by atoms with van der Waals surface area (Å²) in [5.74, 6) is 1.76. The van der Waals surface area contributed by atoms with E-state index in [9.17, 15) is 0 Å². The average molecular weight is 281 g/mol. The molecule has 1 unspecified atom stereocenters. The van der Waals surface area contributed by atoms with Crippen LogP contribution >= 0.6 is 0 Å². The molecule has 114 valence electrons. The first-order valence-electron chi connectivity index (χ1n) is 7.45. The predicted octanol–water partition coefficient (Wildman–Crippen LogP) is 1.34. The Morgan fingerprint density at radius 3 is 2.75 bits per heavy atom. The Labute approximate surface area is 121 Å². The molecule has 0 aliphatic carbocycles. The maximum Gasteiger partial charge on any atom is 0.244 e. The van der Waals surface area contributed by atoms with Crippen molar-refractivity contribution in [3.63, 3.8) is 0 Å². The Balaban J connectivity index is 1.87. The summed E-state index contributed by atoms with van der Waals surface area (Å²) in [5, 5.41) is 7.37. The van der Waals surface area contributed by atoms with Gasteiger partial charge in [0.05, 0.1) is 6.10 Å². The SMILES string of the molecule is COC(C)CCc1nc(N2CCC(C)(CN)CC2)n[nH]1. The standard InChI is InChI=1S/C14H27N5O/c1-11(20-3)4-5-12-16-13(18-17-12)19-8-6-14(2,10-15)7-9-19/h11H,4-10,15H2,1-3H3,(H,16,17,18). The lowest BCUT2D eigenvalue weighted by Crippen LogP contribution is -2.42. The molecule has 6 heteroatoms. The Kier molecular flexibility index (Phi) is 4.99. The van der Waals surface area contributed by atoms with Crippen LogP contribution in [0.4, 0.5) is 5.95 Å². The van der Waals surface area contributed by atoms with Crippen LogP contribution in [-0.4, -0.2) is 48.0 Å². The number of piperidine rings is 1. The lowest BCUT2D eigenvalue weighted by molar-refractivity contribution is 0.111. The highest BCUT2D eigenvalue weighted by molar-refractivity contribution is 5.29. The van der Waals surface area contributed by atoms with Crippen LogP contribution in [0.5, 0.6) is 0 Å². The number of aromatic nitrogens is 3. The van der Waals surface area contributed by atoms with E-state index >= 15 is 0 Å². The monoisotopic (exact) mass is 281 g/mol. The summed E-state index contributed by atoms with van der Waals surface area (Å²) >= 11 is 0. The van der Waals surface area contributed by atoms with Crippen LogP contribution in [0, 0.1) is 5.41 Å². The summed E-state index contributed by atoms with van der Waals surface area (Å²) in [6, 6.07) is 0. The highest BCUT2D eigenvalue weighted by atomic mass is 16.5. The van der Waals surface area contributed by atoms with Crippen molar-refractivity contribution < 1.29 is 4.74 Å². The molecule has 1 atom stereocenters. The van der Waals surface area contributed by atoms with Gasteiger partial charge in [-0.15, -0.1) is 5.10 Å². The highest BCUT2D eigenvalue weighted by Crippen LogP contribution is 2.30. The van der Waals surface area contributed by atoms with Crippen molar-refractivity contribution in [3.05, 3.63) is 5.82 Å². The van der Waals surface area contributed by atoms with Gasteiger partial charge < -0.3 is 15.4 Å². The number of rotatable bonds is 6. The van der Waals surface area contributed by atoms with E-state index in [4.69, 9.17) is 10.5 Å². The maximum absolute atomic E-state index is 5.84. The van der Waals surface area contributed by atoms with Crippen LogP contribution in [0.25, 0.3) is 0 Å². The number of methoxy groups -OCH3 is 1. The van der Waals surface area contributed by atoms with Crippen LogP contribution in [-0.2, 0) is 11.2 Å². The molecule has 2 rings (SSSR count). The number of ether oxygens (including phenoxy) is 1. The third-order valence-corrected chi connectivity index (χ3v) is 4.46. The summed E-state index contributed by atoms with van der Waals surface area (Å²) in [4.78, 5) is 6.83. The van der Waals surface area contributed by atoms with Crippen LogP contribution < -0.4 is 10.6 Å². The van der Waals surface area contributed by atoms with Gasteiger partial charge in [-0.25, -0.2) is 0 Å². The average Bonchev–Trinajstić information content (AvgIpc) is 2.94. The summed E-state index contributed by atoms with van der Waals surface area (Å²) in [6.45, 7) is 7.06. The van der Waals surface area contributed by atoms with E-state index in [0.717, 1.165) is 57.1 Å². The van der Waals surface area contributed by atoms with Gasteiger partial charge >= 0.3 is 0 Å². The minimum atomic E-state index is 0.254. The molecule has 1 aliphatic heterocycles. The molecule has 0 aromatic carbocycles. The molecule has 20 heavy (non-hydrogen) atoms. The molecular formula is C14H27N5O. The van der Waals surface area contributed by atoms with Gasteiger partial charge in [-0.05, 0) is 38.1 Å².